The van der Waals surface area contributed by atoms with E-state index in [0.717, 1.165) is 18.8 Å². The summed E-state index contributed by atoms with van der Waals surface area (Å²) in [6.07, 6.45) is 5.10. The number of rotatable bonds is 3. The van der Waals surface area contributed by atoms with Crippen molar-refractivity contribution in [3.8, 4) is 0 Å². The second kappa shape index (κ2) is 4.23. The maximum absolute atomic E-state index is 5.53. The van der Waals surface area contributed by atoms with Gasteiger partial charge in [-0.25, -0.2) is 0 Å². The van der Waals surface area contributed by atoms with Crippen LogP contribution in [-0.4, -0.2) is 28.3 Å². The third-order valence-corrected chi connectivity index (χ3v) is 4.11. The van der Waals surface area contributed by atoms with Crippen LogP contribution in [0, 0.1) is 0 Å². The van der Waals surface area contributed by atoms with Gasteiger partial charge in [0.05, 0.1) is 5.69 Å². The van der Waals surface area contributed by atoms with E-state index in [1.165, 1.54) is 25.7 Å². The molecular weight excluding hydrogens is 214 g/mol. The van der Waals surface area contributed by atoms with Gasteiger partial charge in [0, 0.05) is 18.1 Å². The lowest BCUT2D eigenvalue weighted by Gasteiger charge is -2.30. The van der Waals surface area contributed by atoms with Gasteiger partial charge < -0.3 is 16.4 Å². The Morgan fingerprint density at radius 2 is 2.35 bits per heavy atom. The molecule has 1 aliphatic carbocycles. The first kappa shape index (κ1) is 10.9. The van der Waals surface area contributed by atoms with Crippen LogP contribution in [-0.2, 0) is 6.54 Å². The van der Waals surface area contributed by atoms with E-state index >= 15 is 0 Å². The predicted molar refractivity (Wildman–Crippen MR) is 66.3 cm³/mol. The molecule has 0 spiro atoms. The Labute approximate surface area is 101 Å². The van der Waals surface area contributed by atoms with E-state index < -0.39 is 0 Å². The summed E-state index contributed by atoms with van der Waals surface area (Å²) in [7, 11) is 0. The molecule has 2 heterocycles. The van der Waals surface area contributed by atoms with Crippen molar-refractivity contribution in [2.75, 3.05) is 12.3 Å². The zero-order valence-electron chi connectivity index (χ0n) is 9.95. The first-order valence-electron chi connectivity index (χ1n) is 6.35. The van der Waals surface area contributed by atoms with Gasteiger partial charge in [-0.3, -0.25) is 0 Å². The summed E-state index contributed by atoms with van der Waals surface area (Å²) in [6, 6.07) is 4.39. The summed E-state index contributed by atoms with van der Waals surface area (Å²) in [4.78, 5) is 0. The smallest absolute Gasteiger partial charge is 0.146 e. The highest BCUT2D eigenvalue weighted by molar-refractivity contribution is 5.25. The Kier molecular flexibility index (Phi) is 2.72. The highest BCUT2D eigenvalue weighted by Crippen LogP contribution is 2.36. The first-order valence-corrected chi connectivity index (χ1v) is 6.35. The summed E-state index contributed by atoms with van der Waals surface area (Å²) < 4.78 is 0. The molecule has 2 fully saturated rings. The van der Waals surface area contributed by atoms with Crippen LogP contribution in [0.2, 0.25) is 0 Å². The van der Waals surface area contributed by atoms with Crippen molar-refractivity contribution < 1.29 is 0 Å². The van der Waals surface area contributed by atoms with E-state index in [-0.39, 0.29) is 0 Å². The lowest BCUT2D eigenvalue weighted by atomic mass is 9.93. The molecule has 1 aliphatic heterocycles. The standard InChI is InChI=1S/C12H19N5/c13-11-4-3-9(16-17-11)8-15-12-5-1-2-10(12)14-7-6-12/h3-4,10,14-15H,1-2,5-8H2,(H2,13,17). The lowest BCUT2D eigenvalue weighted by Crippen LogP contribution is -2.49. The minimum atomic E-state index is 0.295. The first-order chi connectivity index (χ1) is 8.28. The molecule has 17 heavy (non-hydrogen) atoms. The number of hydrogen-bond acceptors (Lipinski definition) is 5. The van der Waals surface area contributed by atoms with Crippen molar-refractivity contribution in [2.45, 2.75) is 43.8 Å². The van der Waals surface area contributed by atoms with Gasteiger partial charge >= 0.3 is 0 Å². The van der Waals surface area contributed by atoms with Crippen molar-refractivity contribution in [1.29, 1.82) is 0 Å². The fourth-order valence-electron chi connectivity index (χ4n) is 3.17. The van der Waals surface area contributed by atoms with Crippen LogP contribution >= 0.6 is 0 Å². The van der Waals surface area contributed by atoms with E-state index in [9.17, 15) is 0 Å². The molecule has 1 aromatic rings. The Bertz CT molecular complexity index is 378. The maximum Gasteiger partial charge on any atom is 0.146 e. The molecule has 2 unspecified atom stereocenters. The monoisotopic (exact) mass is 233 g/mol. The maximum atomic E-state index is 5.53. The molecule has 2 atom stereocenters. The van der Waals surface area contributed by atoms with Crippen LogP contribution in [0.3, 0.4) is 0 Å². The number of nitrogens with two attached hydrogens (primary N) is 1. The van der Waals surface area contributed by atoms with Crippen molar-refractivity contribution in [2.24, 2.45) is 0 Å². The van der Waals surface area contributed by atoms with E-state index in [0.29, 0.717) is 17.4 Å². The molecule has 3 rings (SSSR count). The molecule has 5 nitrogen and oxygen atoms in total. The molecule has 1 saturated heterocycles. The molecule has 0 amide bonds. The fourth-order valence-corrected chi connectivity index (χ4v) is 3.17. The average Bonchev–Trinajstić information content (AvgIpc) is 2.87. The number of anilines is 1. The van der Waals surface area contributed by atoms with Gasteiger partial charge in [-0.05, 0) is 44.4 Å². The summed E-state index contributed by atoms with van der Waals surface area (Å²) in [6.45, 7) is 1.91. The van der Waals surface area contributed by atoms with Crippen molar-refractivity contribution in [3.63, 3.8) is 0 Å². The Morgan fingerprint density at radius 3 is 3.18 bits per heavy atom. The minimum Gasteiger partial charge on any atom is -0.382 e. The van der Waals surface area contributed by atoms with Crippen molar-refractivity contribution >= 4 is 5.82 Å². The number of fused-ring (bicyclic) bond motifs is 1. The largest absolute Gasteiger partial charge is 0.382 e. The zero-order valence-corrected chi connectivity index (χ0v) is 9.95. The number of nitrogens with zero attached hydrogens (tertiary/aromatic N) is 2. The zero-order chi connectivity index (χ0) is 11.7. The van der Waals surface area contributed by atoms with E-state index in [4.69, 9.17) is 5.73 Å². The van der Waals surface area contributed by atoms with Crippen LogP contribution in [0.4, 0.5) is 5.82 Å². The van der Waals surface area contributed by atoms with Gasteiger partial charge in [-0.2, -0.15) is 5.10 Å². The Hall–Kier alpha value is -1.20. The molecular formula is C12H19N5. The van der Waals surface area contributed by atoms with Crippen LogP contribution < -0.4 is 16.4 Å². The van der Waals surface area contributed by atoms with Gasteiger partial charge in [-0.15, -0.1) is 5.10 Å². The number of aromatic nitrogens is 2. The van der Waals surface area contributed by atoms with E-state index in [1.54, 1.807) is 6.07 Å². The van der Waals surface area contributed by atoms with Gasteiger partial charge in [-0.1, -0.05) is 0 Å². The second-order valence-electron chi connectivity index (χ2n) is 5.11. The highest BCUT2D eigenvalue weighted by atomic mass is 15.2. The lowest BCUT2D eigenvalue weighted by molar-refractivity contribution is 0.317. The summed E-state index contributed by atoms with van der Waals surface area (Å²) in [5, 5.41) is 15.2. The van der Waals surface area contributed by atoms with Crippen molar-refractivity contribution in [1.82, 2.24) is 20.8 Å². The van der Waals surface area contributed by atoms with Crippen LogP contribution in [0.1, 0.15) is 31.4 Å². The molecule has 92 valence electrons. The number of nitrogens with one attached hydrogen (secondary N) is 2. The molecule has 0 radical (unpaired) electrons. The van der Waals surface area contributed by atoms with Gasteiger partial charge in [0.25, 0.3) is 0 Å². The molecule has 2 aliphatic rings. The normalized spacial score (nSPS) is 31.6. The molecule has 0 aromatic carbocycles. The average molecular weight is 233 g/mol. The van der Waals surface area contributed by atoms with Gasteiger partial charge in [0.15, 0.2) is 0 Å². The molecule has 1 saturated carbocycles. The summed E-state index contributed by atoms with van der Waals surface area (Å²) in [5.74, 6) is 0.480. The Balaban J connectivity index is 1.65. The third-order valence-electron chi connectivity index (χ3n) is 4.11. The summed E-state index contributed by atoms with van der Waals surface area (Å²) >= 11 is 0. The van der Waals surface area contributed by atoms with Crippen LogP contribution in [0.25, 0.3) is 0 Å². The number of hydrogen-bond donors (Lipinski definition) is 3. The topological polar surface area (TPSA) is 75.9 Å². The van der Waals surface area contributed by atoms with Crippen molar-refractivity contribution in [3.05, 3.63) is 17.8 Å². The second-order valence-corrected chi connectivity index (χ2v) is 5.11. The third kappa shape index (κ3) is 2.00. The molecule has 5 heteroatoms. The predicted octanol–water partition coefficient (Wildman–Crippen LogP) is 0.433. The summed E-state index contributed by atoms with van der Waals surface area (Å²) in [5.41, 5.74) is 6.78. The van der Waals surface area contributed by atoms with Crippen LogP contribution in [0.15, 0.2) is 12.1 Å². The van der Waals surface area contributed by atoms with Crippen LogP contribution in [0.5, 0.6) is 0 Å². The fraction of sp³-hybridized carbons (Fsp3) is 0.667. The number of nitrogen functional groups attached to an aromatic ring is 1. The van der Waals surface area contributed by atoms with Gasteiger partial charge in [0.1, 0.15) is 5.82 Å². The Morgan fingerprint density at radius 1 is 1.41 bits per heavy atom. The molecule has 1 aromatic heterocycles. The molecule has 4 N–H and O–H groups in total. The van der Waals surface area contributed by atoms with E-state index in [1.807, 2.05) is 6.07 Å². The van der Waals surface area contributed by atoms with Gasteiger partial charge in [0.2, 0.25) is 0 Å². The van der Waals surface area contributed by atoms with E-state index in [2.05, 4.69) is 20.8 Å². The highest BCUT2D eigenvalue weighted by Gasteiger charge is 2.45. The minimum absolute atomic E-state index is 0.295. The SMILES string of the molecule is Nc1ccc(CNC23CCCC2NCC3)nn1. The quantitative estimate of drug-likeness (QED) is 0.706. The molecule has 0 bridgehead atoms.